The third-order valence-corrected chi connectivity index (χ3v) is 3.17. The molecule has 3 rings (SSSR count). The van der Waals surface area contributed by atoms with Crippen LogP contribution in [0.4, 0.5) is 0 Å². The Morgan fingerprint density at radius 2 is 2.05 bits per heavy atom. The fourth-order valence-corrected chi connectivity index (χ4v) is 2.09. The lowest BCUT2D eigenvalue weighted by atomic mass is 10.2. The van der Waals surface area contributed by atoms with Crippen molar-refractivity contribution in [1.29, 1.82) is 0 Å². The first-order chi connectivity index (χ1) is 9.75. The molecular weight excluding hydrogens is 260 g/mol. The highest BCUT2D eigenvalue weighted by atomic mass is 16.5. The maximum atomic E-state index is 12.2. The van der Waals surface area contributed by atoms with Crippen LogP contribution in [0.2, 0.25) is 0 Å². The Balaban J connectivity index is 1.81. The van der Waals surface area contributed by atoms with Gasteiger partial charge in [-0.05, 0) is 12.1 Å². The van der Waals surface area contributed by atoms with Crippen LogP contribution >= 0.6 is 0 Å². The predicted molar refractivity (Wildman–Crippen MR) is 70.9 cm³/mol. The SMILES string of the molecule is O=C(c1ccc(-n2[nH]ccc2=O)nc1)N1CCOCC1. The fraction of sp³-hybridized carbons (Fsp3) is 0.308. The van der Waals surface area contributed by atoms with Crippen LogP contribution in [0.25, 0.3) is 5.82 Å². The number of aromatic amines is 1. The van der Waals surface area contributed by atoms with Crippen LogP contribution in [0.3, 0.4) is 0 Å². The summed E-state index contributed by atoms with van der Waals surface area (Å²) in [7, 11) is 0. The average molecular weight is 274 g/mol. The molecule has 1 fully saturated rings. The zero-order chi connectivity index (χ0) is 13.9. The third kappa shape index (κ3) is 2.35. The van der Waals surface area contributed by atoms with E-state index in [0.717, 1.165) is 0 Å². The van der Waals surface area contributed by atoms with Crippen molar-refractivity contribution in [2.24, 2.45) is 0 Å². The van der Waals surface area contributed by atoms with Gasteiger partial charge in [0.1, 0.15) is 0 Å². The van der Waals surface area contributed by atoms with Gasteiger partial charge in [-0.1, -0.05) is 0 Å². The van der Waals surface area contributed by atoms with E-state index in [1.807, 2.05) is 0 Å². The second-order valence-electron chi connectivity index (χ2n) is 4.45. The van der Waals surface area contributed by atoms with Gasteiger partial charge in [-0.25, -0.2) is 9.67 Å². The van der Waals surface area contributed by atoms with E-state index in [-0.39, 0.29) is 11.5 Å². The largest absolute Gasteiger partial charge is 0.378 e. The second-order valence-corrected chi connectivity index (χ2v) is 4.45. The number of amides is 1. The van der Waals surface area contributed by atoms with E-state index in [1.165, 1.54) is 23.1 Å². The van der Waals surface area contributed by atoms with Gasteiger partial charge in [0.15, 0.2) is 5.82 Å². The summed E-state index contributed by atoms with van der Waals surface area (Å²) in [5.41, 5.74) is 0.319. The number of aromatic nitrogens is 3. The number of ether oxygens (including phenoxy) is 1. The third-order valence-electron chi connectivity index (χ3n) is 3.17. The maximum Gasteiger partial charge on any atom is 0.272 e. The molecule has 1 aliphatic heterocycles. The van der Waals surface area contributed by atoms with Crippen LogP contribution in [0, 0.1) is 0 Å². The van der Waals surface area contributed by atoms with Gasteiger partial charge < -0.3 is 9.64 Å². The molecule has 1 aliphatic rings. The summed E-state index contributed by atoms with van der Waals surface area (Å²) in [6, 6.07) is 4.73. The van der Waals surface area contributed by atoms with E-state index >= 15 is 0 Å². The van der Waals surface area contributed by atoms with Gasteiger partial charge in [0, 0.05) is 31.5 Å². The molecule has 0 atom stereocenters. The number of hydrogen-bond donors (Lipinski definition) is 1. The second kappa shape index (κ2) is 5.30. The lowest BCUT2D eigenvalue weighted by molar-refractivity contribution is 0.0302. The molecule has 20 heavy (non-hydrogen) atoms. The summed E-state index contributed by atoms with van der Waals surface area (Å²) >= 11 is 0. The Labute approximate surface area is 114 Å². The molecule has 7 heteroatoms. The van der Waals surface area contributed by atoms with Crippen LogP contribution < -0.4 is 5.56 Å². The van der Waals surface area contributed by atoms with Crippen LogP contribution in [0.5, 0.6) is 0 Å². The molecule has 0 spiro atoms. The minimum atomic E-state index is -0.190. The van der Waals surface area contributed by atoms with Crippen LogP contribution in [-0.4, -0.2) is 51.9 Å². The van der Waals surface area contributed by atoms with Crippen LogP contribution in [0.15, 0.2) is 35.4 Å². The lowest BCUT2D eigenvalue weighted by Crippen LogP contribution is -2.40. The number of nitrogens with zero attached hydrogens (tertiary/aromatic N) is 3. The number of nitrogens with one attached hydrogen (secondary N) is 1. The monoisotopic (exact) mass is 274 g/mol. The molecule has 0 aromatic carbocycles. The van der Waals surface area contributed by atoms with Gasteiger partial charge in [0.2, 0.25) is 0 Å². The predicted octanol–water partition coefficient (Wildman–Crippen LogP) is 0.0330. The Morgan fingerprint density at radius 1 is 1.25 bits per heavy atom. The lowest BCUT2D eigenvalue weighted by Gasteiger charge is -2.26. The molecule has 7 nitrogen and oxygen atoms in total. The number of H-pyrrole nitrogens is 1. The van der Waals surface area contributed by atoms with Gasteiger partial charge >= 0.3 is 0 Å². The van der Waals surface area contributed by atoms with Crippen LogP contribution in [0.1, 0.15) is 10.4 Å². The van der Waals surface area contributed by atoms with Crippen LogP contribution in [-0.2, 0) is 4.74 Å². The summed E-state index contributed by atoms with van der Waals surface area (Å²) in [5, 5.41) is 2.76. The summed E-state index contributed by atoms with van der Waals surface area (Å²) < 4.78 is 6.52. The van der Waals surface area contributed by atoms with E-state index in [9.17, 15) is 9.59 Å². The van der Waals surface area contributed by atoms with Crippen molar-refractivity contribution in [3.05, 3.63) is 46.5 Å². The Bertz CT molecular complexity index is 653. The molecule has 2 aromatic rings. The average Bonchev–Trinajstić information content (AvgIpc) is 2.94. The number of rotatable bonds is 2. The van der Waals surface area contributed by atoms with E-state index in [0.29, 0.717) is 37.7 Å². The minimum absolute atomic E-state index is 0.0637. The van der Waals surface area contributed by atoms with Gasteiger partial charge in [-0.3, -0.25) is 14.7 Å². The van der Waals surface area contributed by atoms with Crippen molar-refractivity contribution in [2.75, 3.05) is 26.3 Å². The Kier molecular flexibility index (Phi) is 3.34. The minimum Gasteiger partial charge on any atom is -0.378 e. The highest BCUT2D eigenvalue weighted by Gasteiger charge is 2.18. The van der Waals surface area contributed by atoms with E-state index in [2.05, 4.69) is 10.1 Å². The van der Waals surface area contributed by atoms with Crippen molar-refractivity contribution in [3.8, 4) is 5.82 Å². The van der Waals surface area contributed by atoms with Crippen molar-refractivity contribution in [3.63, 3.8) is 0 Å². The molecule has 0 unspecified atom stereocenters. The topological polar surface area (TPSA) is 80.2 Å². The summed E-state index contributed by atoms with van der Waals surface area (Å²) in [4.78, 5) is 29.6. The first-order valence-corrected chi connectivity index (χ1v) is 6.35. The molecule has 1 saturated heterocycles. The van der Waals surface area contributed by atoms with Gasteiger partial charge in [-0.2, -0.15) is 0 Å². The standard InChI is InChI=1S/C13H14N4O3/c18-12-3-4-15-17(12)11-2-1-10(9-14-11)13(19)16-5-7-20-8-6-16/h1-4,9,15H,5-8H2. The van der Waals surface area contributed by atoms with Crippen molar-refractivity contribution >= 4 is 5.91 Å². The first kappa shape index (κ1) is 12.6. The highest BCUT2D eigenvalue weighted by molar-refractivity contribution is 5.94. The maximum absolute atomic E-state index is 12.2. The normalized spacial score (nSPS) is 15.3. The number of morpholine rings is 1. The zero-order valence-electron chi connectivity index (χ0n) is 10.8. The van der Waals surface area contributed by atoms with Gasteiger partial charge in [0.05, 0.1) is 18.8 Å². The van der Waals surface area contributed by atoms with Crippen molar-refractivity contribution in [1.82, 2.24) is 19.7 Å². The molecule has 0 aliphatic carbocycles. The highest BCUT2D eigenvalue weighted by Crippen LogP contribution is 2.08. The first-order valence-electron chi connectivity index (χ1n) is 6.35. The Hall–Kier alpha value is -2.41. The van der Waals surface area contributed by atoms with Crippen molar-refractivity contribution < 1.29 is 9.53 Å². The molecule has 1 amide bonds. The van der Waals surface area contributed by atoms with E-state index in [1.54, 1.807) is 17.0 Å². The quantitative estimate of drug-likeness (QED) is 0.838. The van der Waals surface area contributed by atoms with E-state index in [4.69, 9.17) is 4.74 Å². The summed E-state index contributed by atoms with van der Waals surface area (Å²) in [5.74, 6) is 0.393. The fourth-order valence-electron chi connectivity index (χ4n) is 2.09. The molecule has 104 valence electrons. The molecule has 0 radical (unpaired) electrons. The van der Waals surface area contributed by atoms with Gasteiger partial charge in [0.25, 0.3) is 11.5 Å². The molecule has 2 aromatic heterocycles. The van der Waals surface area contributed by atoms with Crippen molar-refractivity contribution in [2.45, 2.75) is 0 Å². The number of carbonyl (C=O) groups excluding carboxylic acids is 1. The molecule has 1 N–H and O–H groups in total. The van der Waals surface area contributed by atoms with E-state index < -0.39 is 0 Å². The number of pyridine rings is 1. The Morgan fingerprint density at radius 3 is 2.65 bits per heavy atom. The molecule has 3 heterocycles. The molecular formula is C13H14N4O3. The smallest absolute Gasteiger partial charge is 0.272 e. The molecule has 0 saturated carbocycles. The number of hydrogen-bond acceptors (Lipinski definition) is 4. The zero-order valence-corrected chi connectivity index (χ0v) is 10.8. The molecule has 0 bridgehead atoms. The van der Waals surface area contributed by atoms with Gasteiger partial charge in [-0.15, -0.1) is 0 Å². The summed E-state index contributed by atoms with van der Waals surface area (Å²) in [6.45, 7) is 2.32. The summed E-state index contributed by atoms with van der Waals surface area (Å²) in [6.07, 6.45) is 3.03. The number of carbonyl (C=O) groups is 1.